The Bertz CT molecular complexity index is 693. The van der Waals surface area contributed by atoms with Gasteiger partial charge >= 0.3 is 0 Å². The minimum atomic E-state index is -3.60. The van der Waals surface area contributed by atoms with Gasteiger partial charge in [0.05, 0.1) is 9.77 Å². The van der Waals surface area contributed by atoms with Crippen molar-refractivity contribution in [2.45, 2.75) is 11.4 Å². The van der Waals surface area contributed by atoms with Crippen molar-refractivity contribution in [3.8, 4) is 0 Å². The number of rotatable bonds is 5. The molecule has 0 atom stereocenters. The van der Waals surface area contributed by atoms with E-state index in [1.807, 2.05) is 30.3 Å². The lowest BCUT2D eigenvalue weighted by molar-refractivity contribution is 0.0967. The number of amides is 1. The summed E-state index contributed by atoms with van der Waals surface area (Å²) in [6.07, 6.45) is 0. The lowest BCUT2D eigenvalue weighted by atomic mass is 10.2. The molecule has 1 heterocycles. The first-order valence-electron chi connectivity index (χ1n) is 5.87. The van der Waals surface area contributed by atoms with E-state index in [9.17, 15) is 13.2 Å². The Balaban J connectivity index is 2.10. The van der Waals surface area contributed by atoms with E-state index in [1.54, 1.807) is 0 Å². The number of hydrogen-bond donors (Lipinski definition) is 2. The molecule has 2 N–H and O–H groups in total. The molecular formula is C13H14N2O3S2. The van der Waals surface area contributed by atoms with Crippen molar-refractivity contribution < 1.29 is 13.2 Å². The van der Waals surface area contributed by atoms with Crippen molar-refractivity contribution in [2.24, 2.45) is 0 Å². The zero-order valence-corrected chi connectivity index (χ0v) is 12.4. The highest BCUT2D eigenvalue weighted by atomic mass is 32.2. The smallest absolute Gasteiger partial charge is 0.261 e. The highest BCUT2D eigenvalue weighted by Crippen LogP contribution is 2.19. The Kier molecular flexibility index (Phi) is 4.53. The van der Waals surface area contributed by atoms with Crippen LogP contribution >= 0.6 is 11.3 Å². The van der Waals surface area contributed by atoms with Crippen LogP contribution in [0, 0.1) is 0 Å². The van der Waals surface area contributed by atoms with Crippen LogP contribution in [-0.4, -0.2) is 21.4 Å². The summed E-state index contributed by atoms with van der Waals surface area (Å²) in [7, 11) is -2.10. The molecule has 20 heavy (non-hydrogen) atoms. The van der Waals surface area contributed by atoms with Gasteiger partial charge in [-0.25, -0.2) is 13.1 Å². The molecule has 1 aromatic carbocycles. The van der Waals surface area contributed by atoms with Crippen molar-refractivity contribution in [2.75, 3.05) is 7.05 Å². The molecule has 1 amide bonds. The Morgan fingerprint density at radius 3 is 2.60 bits per heavy atom. The maximum atomic E-state index is 12.1. The second-order valence-electron chi connectivity index (χ2n) is 4.04. The van der Waals surface area contributed by atoms with E-state index in [1.165, 1.54) is 18.5 Å². The summed E-state index contributed by atoms with van der Waals surface area (Å²) in [5, 5.41) is 3.92. The van der Waals surface area contributed by atoms with Gasteiger partial charge in [-0.2, -0.15) is 0 Å². The standard InChI is InChI=1S/C13H14N2O3S2/c1-14-13(16)12-7-11(9-19-12)20(17,18)15-8-10-5-3-2-4-6-10/h2-7,9,15H,8H2,1H3,(H,14,16). The molecule has 0 radical (unpaired) electrons. The summed E-state index contributed by atoms with van der Waals surface area (Å²) in [4.78, 5) is 11.9. The average molecular weight is 310 g/mol. The molecule has 0 aliphatic carbocycles. The van der Waals surface area contributed by atoms with E-state index >= 15 is 0 Å². The van der Waals surface area contributed by atoms with Gasteiger partial charge in [0.15, 0.2) is 0 Å². The predicted molar refractivity (Wildman–Crippen MR) is 78.2 cm³/mol. The molecule has 2 rings (SSSR count). The molecule has 0 bridgehead atoms. The van der Waals surface area contributed by atoms with Crippen LogP contribution in [-0.2, 0) is 16.6 Å². The summed E-state index contributed by atoms with van der Waals surface area (Å²) in [5.74, 6) is -0.292. The first-order valence-corrected chi connectivity index (χ1v) is 8.23. The summed E-state index contributed by atoms with van der Waals surface area (Å²) in [6, 6.07) is 10.6. The molecule has 0 unspecified atom stereocenters. The minimum Gasteiger partial charge on any atom is -0.354 e. The number of hydrogen-bond acceptors (Lipinski definition) is 4. The van der Waals surface area contributed by atoms with Crippen molar-refractivity contribution in [3.05, 3.63) is 52.2 Å². The SMILES string of the molecule is CNC(=O)c1cc(S(=O)(=O)NCc2ccccc2)cs1. The Hall–Kier alpha value is -1.70. The Labute approximate surface area is 121 Å². The fourth-order valence-electron chi connectivity index (χ4n) is 1.56. The second kappa shape index (κ2) is 6.17. The monoisotopic (exact) mass is 310 g/mol. The normalized spacial score (nSPS) is 11.2. The van der Waals surface area contributed by atoms with Crippen molar-refractivity contribution in [1.29, 1.82) is 0 Å². The number of benzene rings is 1. The number of sulfonamides is 1. The minimum absolute atomic E-state index is 0.108. The third-order valence-electron chi connectivity index (χ3n) is 2.65. The van der Waals surface area contributed by atoms with Gasteiger partial charge in [0.25, 0.3) is 5.91 Å². The maximum absolute atomic E-state index is 12.1. The van der Waals surface area contributed by atoms with E-state index < -0.39 is 10.0 Å². The van der Waals surface area contributed by atoms with Crippen LogP contribution in [0.15, 0.2) is 46.7 Å². The lowest BCUT2D eigenvalue weighted by Crippen LogP contribution is -2.23. The van der Waals surface area contributed by atoms with Crippen molar-refractivity contribution >= 4 is 27.3 Å². The molecule has 0 fully saturated rings. The number of thiophene rings is 1. The van der Waals surface area contributed by atoms with Crippen molar-refractivity contribution in [3.63, 3.8) is 0 Å². The van der Waals surface area contributed by atoms with Crippen molar-refractivity contribution in [1.82, 2.24) is 10.0 Å². The summed E-state index contributed by atoms with van der Waals surface area (Å²) >= 11 is 1.10. The molecule has 0 spiro atoms. The molecule has 106 valence electrons. The lowest BCUT2D eigenvalue weighted by Gasteiger charge is -2.04. The van der Waals surface area contributed by atoms with Gasteiger partial charge in [-0.05, 0) is 11.6 Å². The zero-order valence-electron chi connectivity index (χ0n) is 10.8. The average Bonchev–Trinajstić information content (AvgIpc) is 2.96. The van der Waals surface area contributed by atoms with Gasteiger partial charge in [0.2, 0.25) is 10.0 Å². The Morgan fingerprint density at radius 2 is 1.95 bits per heavy atom. The molecule has 0 saturated heterocycles. The molecule has 1 aromatic heterocycles. The van der Waals surface area contributed by atoms with Gasteiger partial charge in [-0.1, -0.05) is 30.3 Å². The van der Waals surface area contributed by atoms with E-state index in [-0.39, 0.29) is 17.3 Å². The van der Waals surface area contributed by atoms with Crippen LogP contribution < -0.4 is 10.0 Å². The van der Waals surface area contributed by atoms with Gasteiger partial charge in [0, 0.05) is 19.0 Å². The van der Waals surface area contributed by atoms with E-state index in [4.69, 9.17) is 0 Å². The first kappa shape index (κ1) is 14.7. The quantitative estimate of drug-likeness (QED) is 0.880. The molecule has 0 aliphatic heterocycles. The third kappa shape index (κ3) is 3.44. The highest BCUT2D eigenvalue weighted by Gasteiger charge is 2.18. The molecule has 2 aromatic rings. The topological polar surface area (TPSA) is 75.3 Å². The van der Waals surface area contributed by atoms with Gasteiger partial charge < -0.3 is 5.32 Å². The molecular weight excluding hydrogens is 296 g/mol. The highest BCUT2D eigenvalue weighted by molar-refractivity contribution is 7.89. The molecule has 7 heteroatoms. The molecule has 5 nitrogen and oxygen atoms in total. The predicted octanol–water partition coefficient (Wildman–Crippen LogP) is 1.59. The van der Waals surface area contributed by atoms with Crippen LogP contribution in [0.5, 0.6) is 0 Å². The van der Waals surface area contributed by atoms with E-state index in [2.05, 4.69) is 10.0 Å². The fraction of sp³-hybridized carbons (Fsp3) is 0.154. The van der Waals surface area contributed by atoms with Crippen LogP contribution in [0.2, 0.25) is 0 Å². The van der Waals surface area contributed by atoms with E-state index in [0.29, 0.717) is 4.88 Å². The fourth-order valence-corrected chi connectivity index (χ4v) is 3.80. The Morgan fingerprint density at radius 1 is 1.25 bits per heavy atom. The van der Waals surface area contributed by atoms with Crippen LogP contribution in [0.4, 0.5) is 0 Å². The maximum Gasteiger partial charge on any atom is 0.261 e. The number of nitrogens with one attached hydrogen (secondary N) is 2. The van der Waals surface area contributed by atoms with Crippen LogP contribution in [0.1, 0.15) is 15.2 Å². The summed E-state index contributed by atoms with van der Waals surface area (Å²) < 4.78 is 26.7. The third-order valence-corrected chi connectivity index (χ3v) is 5.10. The number of carbonyl (C=O) groups is 1. The van der Waals surface area contributed by atoms with Crippen LogP contribution in [0.25, 0.3) is 0 Å². The molecule has 0 saturated carbocycles. The van der Waals surface area contributed by atoms with Gasteiger partial charge in [-0.3, -0.25) is 4.79 Å². The summed E-state index contributed by atoms with van der Waals surface area (Å²) in [6.45, 7) is 0.217. The first-order chi connectivity index (χ1) is 9.53. The molecule has 0 aliphatic rings. The second-order valence-corrected chi connectivity index (χ2v) is 6.71. The number of carbonyl (C=O) groups excluding carboxylic acids is 1. The zero-order chi connectivity index (χ0) is 14.6. The van der Waals surface area contributed by atoms with Gasteiger partial charge in [-0.15, -0.1) is 11.3 Å². The summed E-state index contributed by atoms with van der Waals surface area (Å²) in [5.41, 5.74) is 0.873. The van der Waals surface area contributed by atoms with Crippen LogP contribution in [0.3, 0.4) is 0 Å². The van der Waals surface area contributed by atoms with E-state index in [0.717, 1.165) is 16.9 Å². The largest absolute Gasteiger partial charge is 0.354 e. The van der Waals surface area contributed by atoms with Gasteiger partial charge in [0.1, 0.15) is 0 Å².